The van der Waals surface area contributed by atoms with Gasteiger partial charge in [0.1, 0.15) is 11.5 Å². The van der Waals surface area contributed by atoms with Crippen LogP contribution in [0.5, 0.6) is 0 Å². The van der Waals surface area contributed by atoms with Gasteiger partial charge in [0, 0.05) is 23.0 Å². The average Bonchev–Trinajstić information content (AvgIpc) is 3.66. The van der Waals surface area contributed by atoms with E-state index in [-0.39, 0.29) is 17.3 Å². The zero-order valence-electron chi connectivity index (χ0n) is 22.7. The van der Waals surface area contributed by atoms with E-state index >= 15 is 0 Å². The second-order valence-corrected chi connectivity index (χ2v) is 11.8. The molecule has 2 aliphatic carbocycles. The molecule has 0 saturated heterocycles. The molecule has 2 heteroatoms. The summed E-state index contributed by atoms with van der Waals surface area (Å²) in [6.07, 6.45) is 3.62. The van der Waals surface area contributed by atoms with Gasteiger partial charge in [0.15, 0.2) is 0 Å². The SMILES string of the molecule is CC(C)C1=C(c2ccco2)C(C(C)(C)C2C(c3ccco3)=C(C(C)C)c3ccccc32)c2ccccc21. The van der Waals surface area contributed by atoms with E-state index in [0.717, 1.165) is 11.5 Å². The minimum Gasteiger partial charge on any atom is -0.465 e. The zero-order chi connectivity index (χ0) is 25.9. The van der Waals surface area contributed by atoms with Crippen molar-refractivity contribution in [2.75, 3.05) is 0 Å². The number of benzene rings is 2. The smallest absolute Gasteiger partial charge is 0.130 e. The topological polar surface area (TPSA) is 26.3 Å². The van der Waals surface area contributed by atoms with Gasteiger partial charge in [-0.2, -0.15) is 0 Å². The summed E-state index contributed by atoms with van der Waals surface area (Å²) in [5, 5.41) is 0. The highest BCUT2D eigenvalue weighted by Crippen LogP contribution is 2.65. The van der Waals surface area contributed by atoms with E-state index in [0.29, 0.717) is 11.8 Å². The first kappa shape index (κ1) is 23.9. The maximum absolute atomic E-state index is 6.16. The van der Waals surface area contributed by atoms with Gasteiger partial charge in [-0.1, -0.05) is 90.1 Å². The van der Waals surface area contributed by atoms with Crippen LogP contribution in [0.1, 0.15) is 87.2 Å². The molecule has 37 heavy (non-hydrogen) atoms. The zero-order valence-corrected chi connectivity index (χ0v) is 22.7. The molecule has 0 bridgehead atoms. The second-order valence-electron chi connectivity index (χ2n) is 11.8. The molecular weight excluding hydrogens is 452 g/mol. The van der Waals surface area contributed by atoms with Gasteiger partial charge in [-0.05, 0) is 74.9 Å². The number of furan rings is 2. The maximum Gasteiger partial charge on any atom is 0.130 e. The molecule has 2 aromatic carbocycles. The summed E-state index contributed by atoms with van der Waals surface area (Å²) in [6.45, 7) is 14.1. The predicted octanol–water partition coefficient (Wildman–Crippen LogP) is 9.93. The van der Waals surface area contributed by atoms with Crippen LogP contribution in [0.3, 0.4) is 0 Å². The van der Waals surface area contributed by atoms with Crippen LogP contribution in [0.4, 0.5) is 0 Å². The Kier molecular flexibility index (Phi) is 5.67. The number of fused-ring (bicyclic) bond motifs is 2. The van der Waals surface area contributed by atoms with Gasteiger partial charge in [0.05, 0.1) is 12.5 Å². The molecule has 2 aromatic heterocycles. The van der Waals surface area contributed by atoms with E-state index < -0.39 is 0 Å². The van der Waals surface area contributed by atoms with Crippen molar-refractivity contribution in [3.8, 4) is 0 Å². The van der Waals surface area contributed by atoms with Crippen LogP contribution in [0.25, 0.3) is 22.3 Å². The number of hydrogen-bond acceptors (Lipinski definition) is 2. The lowest BCUT2D eigenvalue weighted by molar-refractivity contribution is 0.299. The summed E-state index contributed by atoms with van der Waals surface area (Å²) in [6, 6.07) is 26.3. The van der Waals surface area contributed by atoms with E-state index in [1.54, 1.807) is 0 Å². The van der Waals surface area contributed by atoms with Crippen LogP contribution in [0.15, 0.2) is 94.2 Å². The maximum atomic E-state index is 6.16. The van der Waals surface area contributed by atoms with Crippen LogP contribution >= 0.6 is 0 Å². The Morgan fingerprint density at radius 1 is 0.568 bits per heavy atom. The van der Waals surface area contributed by atoms with E-state index in [1.165, 1.54) is 44.5 Å². The van der Waals surface area contributed by atoms with Crippen molar-refractivity contribution in [2.45, 2.75) is 53.4 Å². The molecule has 2 unspecified atom stereocenters. The highest BCUT2D eigenvalue weighted by atomic mass is 16.3. The van der Waals surface area contributed by atoms with Gasteiger partial charge < -0.3 is 8.83 Å². The third kappa shape index (κ3) is 3.53. The molecule has 2 heterocycles. The summed E-state index contributed by atoms with van der Waals surface area (Å²) in [5.74, 6) is 3.06. The Hall–Kier alpha value is -3.52. The summed E-state index contributed by atoms with van der Waals surface area (Å²) in [4.78, 5) is 0. The largest absolute Gasteiger partial charge is 0.465 e. The average molecular weight is 489 g/mol. The third-order valence-corrected chi connectivity index (χ3v) is 8.50. The molecule has 6 rings (SSSR count). The van der Waals surface area contributed by atoms with Gasteiger partial charge in [0.2, 0.25) is 0 Å². The molecule has 2 aliphatic rings. The fraction of sp³-hybridized carbons (Fsp3) is 0.314. The molecule has 0 spiro atoms. The molecule has 4 aromatic rings. The van der Waals surface area contributed by atoms with E-state index in [2.05, 4.69) is 102 Å². The van der Waals surface area contributed by atoms with Crippen molar-refractivity contribution in [2.24, 2.45) is 17.3 Å². The fourth-order valence-corrected chi connectivity index (χ4v) is 7.27. The molecule has 2 atom stereocenters. The molecule has 0 aliphatic heterocycles. The lowest BCUT2D eigenvalue weighted by atomic mass is 9.61. The predicted molar refractivity (Wildman–Crippen MR) is 153 cm³/mol. The molecule has 0 fully saturated rings. The number of allylic oxidation sites excluding steroid dienone is 4. The summed E-state index contributed by atoms with van der Waals surface area (Å²) in [5.41, 5.74) is 10.8. The van der Waals surface area contributed by atoms with Gasteiger partial charge in [0.25, 0.3) is 0 Å². The minimum atomic E-state index is -0.177. The standard InChI is InChI=1S/C35H36O2/c1-21(2)29-23-13-7-9-15-25(23)33(31(29)27-17-11-19-36-27)35(5,6)34-26-16-10-8-14-24(26)30(22(3)4)32(34)28-18-12-20-37-28/h7-22,33-34H,1-6H3. The monoisotopic (exact) mass is 488 g/mol. The first-order valence-electron chi connectivity index (χ1n) is 13.6. The quantitative estimate of drug-likeness (QED) is 0.270. The number of hydrogen-bond donors (Lipinski definition) is 0. The molecular formula is C35H36O2. The van der Waals surface area contributed by atoms with E-state index in [4.69, 9.17) is 8.83 Å². The van der Waals surface area contributed by atoms with Crippen LogP contribution in [0, 0.1) is 17.3 Å². The molecule has 0 saturated carbocycles. The van der Waals surface area contributed by atoms with Crippen molar-refractivity contribution in [1.82, 2.24) is 0 Å². The highest BCUT2D eigenvalue weighted by molar-refractivity contribution is 6.02. The van der Waals surface area contributed by atoms with Crippen molar-refractivity contribution in [3.05, 3.63) is 119 Å². The Morgan fingerprint density at radius 3 is 1.32 bits per heavy atom. The summed E-state index contributed by atoms with van der Waals surface area (Å²) >= 11 is 0. The minimum absolute atomic E-state index is 0.168. The lowest BCUT2D eigenvalue weighted by Gasteiger charge is -2.41. The molecule has 0 amide bonds. The van der Waals surface area contributed by atoms with Crippen molar-refractivity contribution in [1.29, 1.82) is 0 Å². The third-order valence-electron chi connectivity index (χ3n) is 8.50. The van der Waals surface area contributed by atoms with Crippen LogP contribution in [-0.4, -0.2) is 0 Å². The molecule has 0 radical (unpaired) electrons. The van der Waals surface area contributed by atoms with Gasteiger partial charge in [-0.3, -0.25) is 0 Å². The van der Waals surface area contributed by atoms with Crippen LogP contribution < -0.4 is 0 Å². The van der Waals surface area contributed by atoms with Gasteiger partial charge in [-0.25, -0.2) is 0 Å². The molecule has 0 N–H and O–H groups in total. The molecule has 2 nitrogen and oxygen atoms in total. The van der Waals surface area contributed by atoms with Crippen molar-refractivity contribution < 1.29 is 8.83 Å². The Morgan fingerprint density at radius 2 is 0.973 bits per heavy atom. The normalized spacial score (nSPS) is 19.4. The van der Waals surface area contributed by atoms with E-state index in [1.807, 2.05) is 24.7 Å². The van der Waals surface area contributed by atoms with Gasteiger partial charge in [-0.15, -0.1) is 0 Å². The number of rotatable bonds is 6. The van der Waals surface area contributed by atoms with Crippen LogP contribution in [0.2, 0.25) is 0 Å². The fourth-order valence-electron chi connectivity index (χ4n) is 7.27. The Labute approximate surface area is 220 Å². The van der Waals surface area contributed by atoms with Crippen LogP contribution in [-0.2, 0) is 0 Å². The lowest BCUT2D eigenvalue weighted by Crippen LogP contribution is -2.30. The summed E-state index contributed by atoms with van der Waals surface area (Å²) < 4.78 is 12.3. The first-order valence-corrected chi connectivity index (χ1v) is 13.6. The van der Waals surface area contributed by atoms with Crippen molar-refractivity contribution >= 4 is 22.3 Å². The Bertz CT molecular complexity index is 1380. The Balaban J connectivity index is 1.65. The molecule has 188 valence electrons. The summed E-state index contributed by atoms with van der Waals surface area (Å²) in [7, 11) is 0. The van der Waals surface area contributed by atoms with Gasteiger partial charge >= 0.3 is 0 Å². The van der Waals surface area contributed by atoms with E-state index in [9.17, 15) is 0 Å². The highest BCUT2D eigenvalue weighted by Gasteiger charge is 2.51. The van der Waals surface area contributed by atoms with Crippen molar-refractivity contribution in [3.63, 3.8) is 0 Å². The second kappa shape index (κ2) is 8.80. The first-order chi connectivity index (χ1) is 17.8.